The highest BCUT2D eigenvalue weighted by Gasteiger charge is 2.25. The summed E-state index contributed by atoms with van der Waals surface area (Å²) in [7, 11) is 4.05. The maximum Gasteiger partial charge on any atom is 0.191 e. The molecule has 0 aromatic heterocycles. The van der Waals surface area contributed by atoms with Crippen molar-refractivity contribution in [1.82, 2.24) is 20.4 Å². The third-order valence-electron chi connectivity index (χ3n) is 6.32. The van der Waals surface area contributed by atoms with Gasteiger partial charge in [-0.3, -0.25) is 9.89 Å². The normalized spacial score (nSPS) is 19.1. The van der Waals surface area contributed by atoms with Crippen molar-refractivity contribution < 1.29 is 4.74 Å². The molecule has 0 bridgehead atoms. The van der Waals surface area contributed by atoms with Gasteiger partial charge in [-0.05, 0) is 50.3 Å². The second kappa shape index (κ2) is 12.8. The minimum atomic E-state index is 0. The SMILES string of the molecule is CN=C(NCc1ccc(C)cc1OCC1CC1)NCC(C(C)C)N1CCN(C)CC1.I. The van der Waals surface area contributed by atoms with E-state index in [0.29, 0.717) is 18.5 Å². The minimum Gasteiger partial charge on any atom is -0.493 e. The zero-order valence-electron chi connectivity index (χ0n) is 20.0. The first-order valence-electron chi connectivity index (χ1n) is 11.6. The summed E-state index contributed by atoms with van der Waals surface area (Å²) in [5.41, 5.74) is 2.42. The number of ether oxygens (including phenoxy) is 1. The number of nitrogens with one attached hydrogen (secondary N) is 2. The molecule has 2 N–H and O–H groups in total. The van der Waals surface area contributed by atoms with E-state index in [2.05, 4.69) is 71.4 Å². The van der Waals surface area contributed by atoms with Crippen LogP contribution in [0, 0.1) is 18.8 Å². The van der Waals surface area contributed by atoms with Gasteiger partial charge >= 0.3 is 0 Å². The van der Waals surface area contributed by atoms with E-state index in [1.807, 2.05) is 7.05 Å². The van der Waals surface area contributed by atoms with Gasteiger partial charge in [0.25, 0.3) is 0 Å². The van der Waals surface area contributed by atoms with Crippen LogP contribution >= 0.6 is 24.0 Å². The van der Waals surface area contributed by atoms with E-state index in [1.54, 1.807) is 0 Å². The fraction of sp³-hybridized carbons (Fsp3) is 0.708. The second-order valence-corrected chi connectivity index (χ2v) is 9.32. The lowest BCUT2D eigenvalue weighted by atomic mass is 10.0. The summed E-state index contributed by atoms with van der Waals surface area (Å²) >= 11 is 0. The van der Waals surface area contributed by atoms with Crippen molar-refractivity contribution in [1.29, 1.82) is 0 Å². The van der Waals surface area contributed by atoms with Crippen LogP contribution in [-0.2, 0) is 6.54 Å². The molecule has 1 saturated carbocycles. The molecule has 176 valence electrons. The molecule has 1 saturated heterocycles. The number of benzene rings is 1. The standard InChI is InChI=1S/C24H41N5O.HI/c1-18(2)22(29-12-10-28(5)11-13-29)16-27-24(25-4)26-15-21-9-6-19(3)14-23(21)30-17-20-7-8-20;/h6,9,14,18,20,22H,7-8,10-13,15-17H2,1-5H3,(H2,25,26,27);1H. The summed E-state index contributed by atoms with van der Waals surface area (Å²) in [6, 6.07) is 6.98. The lowest BCUT2D eigenvalue weighted by Gasteiger charge is -2.40. The van der Waals surface area contributed by atoms with Gasteiger partial charge in [0, 0.05) is 57.9 Å². The lowest BCUT2D eigenvalue weighted by molar-refractivity contribution is 0.0900. The largest absolute Gasteiger partial charge is 0.493 e. The lowest BCUT2D eigenvalue weighted by Crippen LogP contribution is -2.55. The molecule has 0 radical (unpaired) electrons. The summed E-state index contributed by atoms with van der Waals surface area (Å²) < 4.78 is 6.11. The fourth-order valence-corrected chi connectivity index (χ4v) is 3.98. The molecule has 7 heteroatoms. The highest BCUT2D eigenvalue weighted by molar-refractivity contribution is 14.0. The van der Waals surface area contributed by atoms with Crippen LogP contribution in [0.3, 0.4) is 0 Å². The quantitative estimate of drug-likeness (QED) is 0.285. The molecular weight excluding hydrogens is 501 g/mol. The minimum absolute atomic E-state index is 0. The summed E-state index contributed by atoms with van der Waals surface area (Å²) in [5, 5.41) is 7.05. The van der Waals surface area contributed by atoms with Gasteiger partial charge in [0.15, 0.2) is 5.96 Å². The average molecular weight is 544 g/mol. The molecule has 31 heavy (non-hydrogen) atoms. The van der Waals surface area contributed by atoms with Crippen molar-refractivity contribution in [3.8, 4) is 5.75 Å². The van der Waals surface area contributed by atoms with E-state index in [0.717, 1.165) is 57.0 Å². The number of aliphatic imine (C=N–C) groups is 1. The maximum atomic E-state index is 6.11. The van der Waals surface area contributed by atoms with Crippen LogP contribution in [0.15, 0.2) is 23.2 Å². The highest BCUT2D eigenvalue weighted by atomic mass is 127. The predicted octanol–water partition coefficient (Wildman–Crippen LogP) is 3.34. The Morgan fingerprint density at radius 3 is 2.48 bits per heavy atom. The molecule has 1 aromatic carbocycles. The van der Waals surface area contributed by atoms with E-state index in [4.69, 9.17) is 4.74 Å². The molecule has 1 aliphatic carbocycles. The second-order valence-electron chi connectivity index (χ2n) is 9.32. The number of likely N-dealkylation sites (N-methyl/N-ethyl adjacent to an activating group) is 1. The van der Waals surface area contributed by atoms with E-state index >= 15 is 0 Å². The molecule has 1 aliphatic heterocycles. The molecule has 0 spiro atoms. The smallest absolute Gasteiger partial charge is 0.191 e. The van der Waals surface area contributed by atoms with Gasteiger partial charge in [-0.1, -0.05) is 26.0 Å². The molecule has 1 heterocycles. The zero-order valence-corrected chi connectivity index (χ0v) is 22.3. The number of guanidine groups is 1. The molecule has 1 atom stereocenters. The third-order valence-corrected chi connectivity index (χ3v) is 6.32. The van der Waals surface area contributed by atoms with Crippen LogP contribution in [0.25, 0.3) is 0 Å². The van der Waals surface area contributed by atoms with Crippen LogP contribution in [0.2, 0.25) is 0 Å². The van der Waals surface area contributed by atoms with E-state index in [1.165, 1.54) is 24.0 Å². The van der Waals surface area contributed by atoms with Gasteiger partial charge in [-0.2, -0.15) is 0 Å². The van der Waals surface area contributed by atoms with Crippen molar-refractivity contribution in [2.75, 3.05) is 53.4 Å². The Hall–Kier alpha value is -1.06. The predicted molar refractivity (Wildman–Crippen MR) is 141 cm³/mol. The van der Waals surface area contributed by atoms with Crippen LogP contribution < -0.4 is 15.4 Å². The maximum absolute atomic E-state index is 6.11. The van der Waals surface area contributed by atoms with Crippen molar-refractivity contribution in [2.45, 2.75) is 46.2 Å². The topological polar surface area (TPSA) is 52.1 Å². The molecular formula is C24H42IN5O. The van der Waals surface area contributed by atoms with Crippen molar-refractivity contribution >= 4 is 29.9 Å². The monoisotopic (exact) mass is 543 g/mol. The van der Waals surface area contributed by atoms with Gasteiger partial charge in [-0.15, -0.1) is 24.0 Å². The first-order chi connectivity index (χ1) is 14.5. The molecule has 3 rings (SSSR count). The van der Waals surface area contributed by atoms with Crippen LogP contribution in [0.1, 0.15) is 37.8 Å². The first-order valence-corrected chi connectivity index (χ1v) is 11.6. The van der Waals surface area contributed by atoms with Gasteiger partial charge < -0.3 is 20.3 Å². The molecule has 1 unspecified atom stereocenters. The van der Waals surface area contributed by atoms with Crippen LogP contribution in [-0.4, -0.2) is 75.2 Å². The van der Waals surface area contributed by atoms with Crippen molar-refractivity contribution in [2.24, 2.45) is 16.8 Å². The number of piperazine rings is 1. The van der Waals surface area contributed by atoms with Crippen LogP contribution in [0.4, 0.5) is 0 Å². The highest BCUT2D eigenvalue weighted by Crippen LogP contribution is 2.30. The molecule has 2 aliphatic rings. The zero-order chi connectivity index (χ0) is 21.5. The molecule has 0 amide bonds. The fourth-order valence-electron chi connectivity index (χ4n) is 3.98. The number of rotatable bonds is 9. The summed E-state index contributed by atoms with van der Waals surface area (Å²) in [4.78, 5) is 9.48. The Morgan fingerprint density at radius 2 is 1.87 bits per heavy atom. The molecule has 6 nitrogen and oxygen atoms in total. The Balaban J connectivity index is 0.00000341. The average Bonchev–Trinajstić information content (AvgIpc) is 3.55. The van der Waals surface area contributed by atoms with E-state index in [9.17, 15) is 0 Å². The van der Waals surface area contributed by atoms with Gasteiger partial charge in [0.1, 0.15) is 5.75 Å². The number of nitrogens with zero attached hydrogens (tertiary/aromatic N) is 3. The summed E-state index contributed by atoms with van der Waals surface area (Å²) in [5.74, 6) is 3.20. The number of aryl methyl sites for hydroxylation is 1. The molecule has 1 aromatic rings. The Morgan fingerprint density at radius 1 is 1.16 bits per heavy atom. The van der Waals surface area contributed by atoms with E-state index in [-0.39, 0.29) is 24.0 Å². The Labute approximate surface area is 206 Å². The first kappa shape index (κ1) is 26.2. The Bertz CT molecular complexity index is 699. The van der Waals surface area contributed by atoms with Crippen molar-refractivity contribution in [3.05, 3.63) is 29.3 Å². The summed E-state index contributed by atoms with van der Waals surface area (Å²) in [6.45, 7) is 13.8. The molecule has 2 fully saturated rings. The summed E-state index contributed by atoms with van der Waals surface area (Å²) in [6.07, 6.45) is 2.61. The number of hydrogen-bond donors (Lipinski definition) is 2. The van der Waals surface area contributed by atoms with Gasteiger partial charge in [-0.25, -0.2) is 0 Å². The Kier molecular flexibility index (Phi) is 10.9. The number of halogens is 1. The van der Waals surface area contributed by atoms with Crippen LogP contribution in [0.5, 0.6) is 5.75 Å². The van der Waals surface area contributed by atoms with Gasteiger partial charge in [0.2, 0.25) is 0 Å². The van der Waals surface area contributed by atoms with Crippen molar-refractivity contribution in [3.63, 3.8) is 0 Å². The number of hydrogen-bond acceptors (Lipinski definition) is 4. The van der Waals surface area contributed by atoms with E-state index < -0.39 is 0 Å². The van der Waals surface area contributed by atoms with Gasteiger partial charge in [0.05, 0.1) is 6.61 Å². The third kappa shape index (κ3) is 8.42.